The minimum atomic E-state index is -4.23. The Labute approximate surface area is 178 Å². The van der Waals surface area contributed by atoms with Gasteiger partial charge in [-0.2, -0.15) is 8.42 Å². The van der Waals surface area contributed by atoms with Gasteiger partial charge < -0.3 is 15.3 Å². The Morgan fingerprint density at radius 3 is 1.38 bits per heavy atom. The Bertz CT molecular complexity index is 380. The standard InChI is InChI=1S/C12H26O4S.C6H15NO3.C2H4/c1-2-3-4-5-6-7-8-9-10-11-12-16-17(13,14)15;8-4-1-7(2-5-9)3-6-10;1-2/h2-12H2,1H3,(H,13,14,15);8-10H,1-6H2;1-2H2. The van der Waals surface area contributed by atoms with Gasteiger partial charge in [-0.15, -0.1) is 13.2 Å². The second kappa shape index (κ2) is 27.5. The van der Waals surface area contributed by atoms with Gasteiger partial charge in [-0.3, -0.25) is 9.45 Å². The van der Waals surface area contributed by atoms with Crippen LogP contribution in [-0.4, -0.2) is 79.3 Å². The molecule has 0 saturated carbocycles. The van der Waals surface area contributed by atoms with Crippen molar-refractivity contribution >= 4 is 10.4 Å². The first-order chi connectivity index (χ1) is 13.9. The first kappa shape index (κ1) is 33.1. The van der Waals surface area contributed by atoms with Crippen LogP contribution in [-0.2, 0) is 14.6 Å². The molecule has 0 aliphatic carbocycles. The first-order valence-corrected chi connectivity index (χ1v) is 11.9. The van der Waals surface area contributed by atoms with Crippen molar-refractivity contribution in [2.45, 2.75) is 71.1 Å². The van der Waals surface area contributed by atoms with E-state index in [1.807, 2.05) is 0 Å². The van der Waals surface area contributed by atoms with Crippen molar-refractivity contribution in [2.24, 2.45) is 0 Å². The van der Waals surface area contributed by atoms with Crippen molar-refractivity contribution in [1.82, 2.24) is 4.90 Å². The molecule has 0 aromatic heterocycles. The van der Waals surface area contributed by atoms with E-state index in [0.717, 1.165) is 12.8 Å². The van der Waals surface area contributed by atoms with Gasteiger partial charge in [0.15, 0.2) is 0 Å². The molecule has 0 heterocycles. The number of hydrogen-bond donors (Lipinski definition) is 4. The third-order valence-corrected chi connectivity index (χ3v) is 4.44. The second-order valence-corrected chi connectivity index (χ2v) is 7.54. The maximum absolute atomic E-state index is 10.2. The monoisotopic (exact) mass is 443 g/mol. The van der Waals surface area contributed by atoms with Crippen LogP contribution in [0.1, 0.15) is 71.1 Å². The van der Waals surface area contributed by atoms with Crippen LogP contribution in [0, 0.1) is 0 Å². The third-order valence-electron chi connectivity index (χ3n) is 3.98. The number of unbranched alkanes of at least 4 members (excludes halogenated alkanes) is 9. The molecule has 0 rings (SSSR count). The zero-order valence-electron chi connectivity index (χ0n) is 18.3. The molecule has 0 aromatic carbocycles. The normalized spacial score (nSPS) is 10.8. The number of nitrogens with zero attached hydrogens (tertiary/aromatic N) is 1. The van der Waals surface area contributed by atoms with Gasteiger partial charge in [0.2, 0.25) is 0 Å². The molecular formula is C20H45NO7S. The van der Waals surface area contributed by atoms with Crippen LogP contribution in [0.15, 0.2) is 13.2 Å². The number of aliphatic hydroxyl groups is 3. The maximum Gasteiger partial charge on any atom is 0.397 e. The summed E-state index contributed by atoms with van der Waals surface area (Å²) in [7, 11) is -4.23. The highest BCUT2D eigenvalue weighted by molar-refractivity contribution is 7.80. The number of aliphatic hydroxyl groups excluding tert-OH is 3. The molecule has 0 spiro atoms. The molecule has 8 nitrogen and oxygen atoms in total. The molecule has 0 atom stereocenters. The number of hydrogen-bond acceptors (Lipinski definition) is 7. The smallest absolute Gasteiger partial charge is 0.395 e. The van der Waals surface area contributed by atoms with Crippen LogP contribution in [0.25, 0.3) is 0 Å². The Balaban J connectivity index is -0.000000479. The molecule has 29 heavy (non-hydrogen) atoms. The fourth-order valence-electron chi connectivity index (χ4n) is 2.51. The predicted octanol–water partition coefficient (Wildman–Crippen LogP) is 2.79. The summed E-state index contributed by atoms with van der Waals surface area (Å²) < 4.78 is 33.0. The minimum Gasteiger partial charge on any atom is -0.395 e. The van der Waals surface area contributed by atoms with Crippen LogP contribution in [0.2, 0.25) is 0 Å². The van der Waals surface area contributed by atoms with Crippen LogP contribution in [0.3, 0.4) is 0 Å². The number of rotatable bonds is 18. The molecule has 0 bridgehead atoms. The van der Waals surface area contributed by atoms with E-state index >= 15 is 0 Å². The first-order valence-electron chi connectivity index (χ1n) is 10.6. The molecule has 0 radical (unpaired) electrons. The highest BCUT2D eigenvalue weighted by atomic mass is 32.3. The molecule has 0 unspecified atom stereocenters. The zero-order valence-corrected chi connectivity index (χ0v) is 19.1. The molecule has 0 aliphatic heterocycles. The molecule has 0 saturated heterocycles. The lowest BCUT2D eigenvalue weighted by molar-refractivity contribution is 0.136. The van der Waals surface area contributed by atoms with Crippen LogP contribution >= 0.6 is 0 Å². The SMILES string of the molecule is C=C.CCCCCCCCCCCCOS(=O)(=O)O.OCCN(CCO)CCO. The van der Waals surface area contributed by atoms with Gasteiger partial charge in [-0.25, -0.2) is 4.18 Å². The van der Waals surface area contributed by atoms with Crippen molar-refractivity contribution in [3.05, 3.63) is 13.2 Å². The van der Waals surface area contributed by atoms with E-state index in [9.17, 15) is 8.42 Å². The largest absolute Gasteiger partial charge is 0.397 e. The third kappa shape index (κ3) is 35.3. The fourth-order valence-corrected chi connectivity index (χ4v) is 2.84. The van der Waals surface area contributed by atoms with Crippen molar-refractivity contribution < 1.29 is 32.5 Å². The summed E-state index contributed by atoms with van der Waals surface area (Å²) in [4.78, 5) is 1.79. The van der Waals surface area contributed by atoms with Crippen molar-refractivity contribution in [2.75, 3.05) is 46.1 Å². The summed E-state index contributed by atoms with van der Waals surface area (Å²) in [6.45, 7) is 10.1. The second-order valence-electron chi connectivity index (χ2n) is 6.44. The predicted molar refractivity (Wildman–Crippen MR) is 118 cm³/mol. The highest BCUT2D eigenvalue weighted by Crippen LogP contribution is 2.10. The van der Waals surface area contributed by atoms with Gasteiger partial charge in [0, 0.05) is 19.6 Å². The summed E-state index contributed by atoms with van der Waals surface area (Å²) in [5.74, 6) is 0. The summed E-state index contributed by atoms with van der Waals surface area (Å²) in [5, 5.41) is 25.5. The van der Waals surface area contributed by atoms with Crippen molar-refractivity contribution in [3.63, 3.8) is 0 Å². The van der Waals surface area contributed by atoms with Crippen LogP contribution in [0.5, 0.6) is 0 Å². The van der Waals surface area contributed by atoms with E-state index < -0.39 is 10.4 Å². The fraction of sp³-hybridized carbons (Fsp3) is 0.900. The Kier molecular flexibility index (Phi) is 31.3. The quantitative estimate of drug-likeness (QED) is 0.145. The van der Waals surface area contributed by atoms with Gasteiger partial charge >= 0.3 is 10.4 Å². The summed E-state index contributed by atoms with van der Waals surface area (Å²) in [6, 6.07) is 0. The molecule has 0 fully saturated rings. The van der Waals surface area contributed by atoms with Crippen LogP contribution in [0.4, 0.5) is 0 Å². The summed E-state index contributed by atoms with van der Waals surface area (Å²) in [6.07, 6.45) is 11.9. The van der Waals surface area contributed by atoms with E-state index in [4.69, 9.17) is 19.9 Å². The molecule has 9 heteroatoms. The summed E-state index contributed by atoms with van der Waals surface area (Å²) in [5.41, 5.74) is 0. The van der Waals surface area contributed by atoms with Gasteiger partial charge in [0.25, 0.3) is 0 Å². The Morgan fingerprint density at radius 2 is 1.07 bits per heavy atom. The van der Waals surface area contributed by atoms with E-state index in [1.54, 1.807) is 4.90 Å². The zero-order chi connectivity index (χ0) is 22.8. The minimum absolute atomic E-state index is 0.0694. The average Bonchev–Trinajstić information content (AvgIpc) is 2.68. The molecule has 0 aromatic rings. The van der Waals surface area contributed by atoms with Gasteiger partial charge in [0.05, 0.1) is 26.4 Å². The summed E-state index contributed by atoms with van der Waals surface area (Å²) >= 11 is 0. The molecule has 178 valence electrons. The molecule has 4 N–H and O–H groups in total. The Hall–Kier alpha value is -0.550. The molecular weight excluding hydrogens is 398 g/mol. The van der Waals surface area contributed by atoms with Gasteiger partial charge in [0.1, 0.15) is 0 Å². The van der Waals surface area contributed by atoms with E-state index in [-0.39, 0.29) is 26.4 Å². The van der Waals surface area contributed by atoms with E-state index in [2.05, 4.69) is 24.3 Å². The molecule has 0 aliphatic rings. The van der Waals surface area contributed by atoms with E-state index in [1.165, 1.54) is 44.9 Å². The van der Waals surface area contributed by atoms with Crippen molar-refractivity contribution in [1.29, 1.82) is 0 Å². The molecule has 0 amide bonds. The van der Waals surface area contributed by atoms with Gasteiger partial charge in [-0.1, -0.05) is 64.7 Å². The highest BCUT2D eigenvalue weighted by Gasteiger charge is 2.02. The van der Waals surface area contributed by atoms with Crippen molar-refractivity contribution in [3.8, 4) is 0 Å². The van der Waals surface area contributed by atoms with Gasteiger partial charge in [-0.05, 0) is 6.42 Å². The topological polar surface area (TPSA) is 128 Å². The maximum atomic E-state index is 10.2. The Morgan fingerprint density at radius 1 is 0.724 bits per heavy atom. The lowest BCUT2D eigenvalue weighted by Gasteiger charge is -2.17. The lowest BCUT2D eigenvalue weighted by Crippen LogP contribution is -2.32. The average molecular weight is 444 g/mol. The van der Waals surface area contributed by atoms with E-state index in [0.29, 0.717) is 26.1 Å². The lowest BCUT2D eigenvalue weighted by atomic mass is 10.1. The van der Waals surface area contributed by atoms with Crippen LogP contribution < -0.4 is 0 Å².